The van der Waals surface area contributed by atoms with Crippen molar-refractivity contribution in [3.63, 3.8) is 0 Å². The van der Waals surface area contributed by atoms with Crippen LogP contribution in [0.1, 0.15) is 16.7 Å². The molecule has 4 amide bonds. The summed E-state index contributed by atoms with van der Waals surface area (Å²) in [6.45, 7) is 2.01. The maximum atomic E-state index is 13.1. The standard InChI is InChI=1S/C25H18ClFN2O4/c1-15-2-9-20(10-3-15)29-24(31)21(23(30)28-25(29)32)13-17-12-18(26)6-11-22(17)33-14-16-4-7-19(27)8-5-16/h2-13H,14H2,1H3,(H,28,30,32)/b21-13+. The van der Waals surface area contributed by atoms with E-state index < -0.39 is 17.8 Å². The number of carbonyl (C=O) groups is 3. The molecule has 3 aromatic carbocycles. The van der Waals surface area contributed by atoms with Crippen molar-refractivity contribution in [3.8, 4) is 5.75 Å². The topological polar surface area (TPSA) is 75.7 Å². The van der Waals surface area contributed by atoms with E-state index in [0.717, 1.165) is 16.0 Å². The summed E-state index contributed by atoms with van der Waals surface area (Å²) in [6, 6.07) is 16.5. The van der Waals surface area contributed by atoms with Gasteiger partial charge in [0.1, 0.15) is 23.7 Å². The van der Waals surface area contributed by atoms with Gasteiger partial charge in [0, 0.05) is 10.6 Å². The molecular weight excluding hydrogens is 447 g/mol. The van der Waals surface area contributed by atoms with Crippen LogP contribution in [0.3, 0.4) is 0 Å². The molecule has 0 aromatic heterocycles. The Bertz CT molecular complexity index is 1270. The smallest absolute Gasteiger partial charge is 0.335 e. The van der Waals surface area contributed by atoms with Crippen LogP contribution in [-0.2, 0) is 16.2 Å². The lowest BCUT2D eigenvalue weighted by Crippen LogP contribution is -2.54. The molecule has 0 saturated carbocycles. The number of ether oxygens (including phenoxy) is 1. The molecule has 1 aliphatic rings. The van der Waals surface area contributed by atoms with Gasteiger partial charge in [0.25, 0.3) is 11.8 Å². The maximum Gasteiger partial charge on any atom is 0.335 e. The van der Waals surface area contributed by atoms with E-state index in [2.05, 4.69) is 5.32 Å². The molecule has 3 aromatic rings. The minimum Gasteiger partial charge on any atom is -0.488 e. The van der Waals surface area contributed by atoms with Gasteiger partial charge >= 0.3 is 6.03 Å². The predicted molar refractivity (Wildman–Crippen MR) is 122 cm³/mol. The van der Waals surface area contributed by atoms with E-state index in [0.29, 0.717) is 22.0 Å². The van der Waals surface area contributed by atoms with Gasteiger partial charge in [-0.15, -0.1) is 0 Å². The highest BCUT2D eigenvalue weighted by molar-refractivity contribution is 6.39. The Balaban J connectivity index is 1.66. The van der Waals surface area contributed by atoms with Crippen molar-refractivity contribution < 1.29 is 23.5 Å². The van der Waals surface area contributed by atoms with Crippen LogP contribution in [0.5, 0.6) is 5.75 Å². The molecule has 8 heteroatoms. The highest BCUT2D eigenvalue weighted by Crippen LogP contribution is 2.28. The van der Waals surface area contributed by atoms with E-state index in [1.807, 2.05) is 6.92 Å². The Morgan fingerprint density at radius 1 is 1.00 bits per heavy atom. The summed E-state index contributed by atoms with van der Waals surface area (Å²) >= 11 is 6.13. The number of hydrogen-bond donors (Lipinski definition) is 1. The molecule has 1 N–H and O–H groups in total. The summed E-state index contributed by atoms with van der Waals surface area (Å²) in [4.78, 5) is 38.9. The third-order valence-corrected chi connectivity index (χ3v) is 5.21. The van der Waals surface area contributed by atoms with Crippen LogP contribution in [0.15, 0.2) is 72.3 Å². The average molecular weight is 465 g/mol. The second-order valence-electron chi connectivity index (χ2n) is 7.39. The van der Waals surface area contributed by atoms with Crippen LogP contribution in [-0.4, -0.2) is 17.8 Å². The SMILES string of the molecule is Cc1ccc(N2C(=O)NC(=O)/C(=C\c3cc(Cl)ccc3OCc3ccc(F)cc3)C2=O)cc1. The van der Waals surface area contributed by atoms with Crippen LogP contribution in [0.2, 0.25) is 5.02 Å². The zero-order valence-corrected chi connectivity index (χ0v) is 18.2. The summed E-state index contributed by atoms with van der Waals surface area (Å²) < 4.78 is 19.0. The number of imide groups is 2. The Morgan fingerprint density at radius 3 is 2.39 bits per heavy atom. The normalized spacial score (nSPS) is 15.1. The Hall–Kier alpha value is -3.97. The first-order chi connectivity index (χ1) is 15.8. The fraction of sp³-hybridized carbons (Fsp3) is 0.0800. The molecule has 33 heavy (non-hydrogen) atoms. The molecule has 0 aliphatic carbocycles. The van der Waals surface area contributed by atoms with E-state index >= 15 is 0 Å². The summed E-state index contributed by atoms with van der Waals surface area (Å²) in [5.41, 5.74) is 2.15. The lowest BCUT2D eigenvalue weighted by molar-refractivity contribution is -0.122. The molecule has 0 bridgehead atoms. The number of nitrogens with one attached hydrogen (secondary N) is 1. The maximum absolute atomic E-state index is 13.1. The summed E-state index contributed by atoms with van der Waals surface area (Å²) in [5.74, 6) is -1.59. The quantitative estimate of drug-likeness (QED) is 0.424. The Labute approximate surface area is 194 Å². The molecule has 1 saturated heterocycles. The number of hydrogen-bond acceptors (Lipinski definition) is 4. The van der Waals surface area contributed by atoms with Crippen molar-refractivity contribution in [1.82, 2.24) is 5.32 Å². The first-order valence-electron chi connectivity index (χ1n) is 9.97. The van der Waals surface area contributed by atoms with Gasteiger partial charge in [0.2, 0.25) is 0 Å². The van der Waals surface area contributed by atoms with Crippen molar-refractivity contribution in [2.75, 3.05) is 4.90 Å². The molecule has 1 heterocycles. The highest BCUT2D eigenvalue weighted by atomic mass is 35.5. The third kappa shape index (κ3) is 4.94. The number of benzene rings is 3. The van der Waals surface area contributed by atoms with E-state index in [9.17, 15) is 18.8 Å². The average Bonchev–Trinajstić information content (AvgIpc) is 2.78. The Kier molecular flexibility index (Phi) is 6.24. The van der Waals surface area contributed by atoms with Crippen molar-refractivity contribution in [2.45, 2.75) is 13.5 Å². The van der Waals surface area contributed by atoms with Gasteiger partial charge in [-0.05, 0) is 61.0 Å². The Morgan fingerprint density at radius 2 is 1.70 bits per heavy atom. The molecule has 6 nitrogen and oxygen atoms in total. The number of urea groups is 1. The fourth-order valence-electron chi connectivity index (χ4n) is 3.25. The fourth-order valence-corrected chi connectivity index (χ4v) is 3.43. The number of anilines is 1. The molecule has 0 spiro atoms. The zero-order valence-electron chi connectivity index (χ0n) is 17.5. The minimum absolute atomic E-state index is 0.131. The minimum atomic E-state index is -0.829. The van der Waals surface area contributed by atoms with Crippen LogP contribution in [0.4, 0.5) is 14.9 Å². The molecule has 0 atom stereocenters. The van der Waals surface area contributed by atoms with Crippen LogP contribution >= 0.6 is 11.6 Å². The number of aryl methyl sites for hydroxylation is 1. The highest BCUT2D eigenvalue weighted by Gasteiger charge is 2.37. The van der Waals surface area contributed by atoms with Gasteiger partial charge < -0.3 is 4.74 Å². The van der Waals surface area contributed by atoms with Gasteiger partial charge in [-0.3, -0.25) is 14.9 Å². The zero-order chi connectivity index (χ0) is 23.5. The molecule has 166 valence electrons. The summed E-state index contributed by atoms with van der Waals surface area (Å²) in [6.07, 6.45) is 1.33. The molecule has 1 fully saturated rings. The second kappa shape index (κ2) is 9.26. The second-order valence-corrected chi connectivity index (χ2v) is 7.83. The predicted octanol–water partition coefficient (Wildman–Crippen LogP) is 5.03. The van der Waals surface area contributed by atoms with Crippen molar-refractivity contribution in [2.24, 2.45) is 0 Å². The van der Waals surface area contributed by atoms with Gasteiger partial charge in [0.05, 0.1) is 5.69 Å². The van der Waals surface area contributed by atoms with E-state index in [1.54, 1.807) is 54.6 Å². The van der Waals surface area contributed by atoms with Crippen LogP contribution in [0.25, 0.3) is 6.08 Å². The largest absolute Gasteiger partial charge is 0.488 e. The molecule has 4 rings (SSSR count). The van der Waals surface area contributed by atoms with E-state index in [-0.39, 0.29) is 18.0 Å². The van der Waals surface area contributed by atoms with Crippen molar-refractivity contribution in [1.29, 1.82) is 0 Å². The molecule has 0 radical (unpaired) electrons. The first kappa shape index (κ1) is 22.2. The number of barbiturate groups is 1. The van der Waals surface area contributed by atoms with Crippen molar-refractivity contribution >= 4 is 41.2 Å². The van der Waals surface area contributed by atoms with Gasteiger partial charge in [0.15, 0.2) is 0 Å². The summed E-state index contributed by atoms with van der Waals surface area (Å²) in [7, 11) is 0. The molecular formula is C25H18ClFN2O4. The van der Waals surface area contributed by atoms with Gasteiger partial charge in [-0.1, -0.05) is 41.4 Å². The number of amides is 4. The third-order valence-electron chi connectivity index (χ3n) is 4.97. The van der Waals surface area contributed by atoms with Crippen LogP contribution < -0.4 is 15.0 Å². The molecule has 1 aliphatic heterocycles. The first-order valence-corrected chi connectivity index (χ1v) is 10.3. The van der Waals surface area contributed by atoms with Gasteiger partial charge in [-0.25, -0.2) is 14.1 Å². The van der Waals surface area contributed by atoms with E-state index in [1.165, 1.54) is 18.2 Å². The lowest BCUT2D eigenvalue weighted by Gasteiger charge is -2.26. The lowest BCUT2D eigenvalue weighted by atomic mass is 10.1. The van der Waals surface area contributed by atoms with Gasteiger partial charge in [-0.2, -0.15) is 0 Å². The van der Waals surface area contributed by atoms with Crippen LogP contribution in [0, 0.1) is 12.7 Å². The summed E-state index contributed by atoms with van der Waals surface area (Å²) in [5, 5.41) is 2.56. The number of rotatable bonds is 5. The number of carbonyl (C=O) groups excluding carboxylic acids is 3. The monoisotopic (exact) mass is 464 g/mol. The van der Waals surface area contributed by atoms with E-state index in [4.69, 9.17) is 16.3 Å². The van der Waals surface area contributed by atoms with Crippen molar-refractivity contribution in [3.05, 3.63) is 99.8 Å². The number of halogens is 2. The molecule has 0 unspecified atom stereocenters. The number of nitrogens with zero attached hydrogens (tertiary/aromatic N) is 1.